The molecule has 0 bridgehead atoms. The summed E-state index contributed by atoms with van der Waals surface area (Å²) in [7, 11) is 0. The molecule has 0 atom stereocenters. The van der Waals surface area contributed by atoms with Crippen LogP contribution >= 0.6 is 11.6 Å². The third-order valence-electron chi connectivity index (χ3n) is 2.48. The summed E-state index contributed by atoms with van der Waals surface area (Å²) in [5.74, 6) is 0. The summed E-state index contributed by atoms with van der Waals surface area (Å²) < 4.78 is 0. The van der Waals surface area contributed by atoms with Gasteiger partial charge in [0.15, 0.2) is 0 Å². The fraction of sp³-hybridized carbons (Fsp3) is 0.333. The Balaban J connectivity index is 2.78. The summed E-state index contributed by atoms with van der Waals surface area (Å²) in [4.78, 5) is 18.7. The fourth-order valence-corrected chi connectivity index (χ4v) is 1.76. The predicted molar refractivity (Wildman–Crippen MR) is 66.1 cm³/mol. The van der Waals surface area contributed by atoms with Crippen LogP contribution in [0.15, 0.2) is 23.0 Å². The molecule has 2 heterocycles. The molecule has 0 aliphatic heterocycles. The SMILES string of the molecule is CC(C)(C)c1cc2ccc(Cl)nc2[nH]c1=O. The molecule has 1 N–H and O–H groups in total. The Morgan fingerprint density at radius 3 is 2.62 bits per heavy atom. The molecular weight excluding hydrogens is 224 g/mol. The van der Waals surface area contributed by atoms with Gasteiger partial charge in [0.2, 0.25) is 0 Å². The van der Waals surface area contributed by atoms with Gasteiger partial charge < -0.3 is 4.98 Å². The summed E-state index contributed by atoms with van der Waals surface area (Å²) >= 11 is 5.77. The van der Waals surface area contributed by atoms with Crippen molar-refractivity contribution < 1.29 is 0 Å². The van der Waals surface area contributed by atoms with Crippen LogP contribution < -0.4 is 5.56 Å². The Bertz CT molecular complexity index is 596. The first kappa shape index (κ1) is 11.1. The van der Waals surface area contributed by atoms with E-state index in [1.807, 2.05) is 32.9 Å². The Kier molecular flexibility index (Phi) is 2.50. The van der Waals surface area contributed by atoms with Gasteiger partial charge in [0.1, 0.15) is 10.8 Å². The molecule has 0 fully saturated rings. The first-order valence-corrected chi connectivity index (χ1v) is 5.46. The Hall–Kier alpha value is -1.35. The van der Waals surface area contributed by atoms with Crippen LogP contribution in [0, 0.1) is 0 Å². The molecule has 2 rings (SSSR count). The van der Waals surface area contributed by atoms with Gasteiger partial charge in [0, 0.05) is 10.9 Å². The molecule has 3 nitrogen and oxygen atoms in total. The van der Waals surface area contributed by atoms with Crippen molar-refractivity contribution in [3.63, 3.8) is 0 Å². The van der Waals surface area contributed by atoms with Crippen molar-refractivity contribution >= 4 is 22.6 Å². The van der Waals surface area contributed by atoms with Crippen molar-refractivity contribution in [2.24, 2.45) is 0 Å². The quantitative estimate of drug-likeness (QED) is 0.715. The van der Waals surface area contributed by atoms with Crippen LogP contribution in [0.5, 0.6) is 0 Å². The zero-order valence-corrected chi connectivity index (χ0v) is 10.2. The van der Waals surface area contributed by atoms with Crippen molar-refractivity contribution in [1.29, 1.82) is 0 Å². The summed E-state index contributed by atoms with van der Waals surface area (Å²) in [6.07, 6.45) is 0. The number of nitrogens with zero attached hydrogens (tertiary/aromatic N) is 1. The lowest BCUT2D eigenvalue weighted by molar-refractivity contribution is 0.583. The number of fused-ring (bicyclic) bond motifs is 1. The topological polar surface area (TPSA) is 45.8 Å². The normalized spacial score (nSPS) is 12.0. The standard InChI is InChI=1S/C12H13ClN2O/c1-12(2,3)8-6-7-4-5-9(13)14-10(7)15-11(8)16/h4-6H,1-3H3,(H,14,15,16). The molecule has 16 heavy (non-hydrogen) atoms. The van der Waals surface area contributed by atoms with E-state index in [1.54, 1.807) is 6.07 Å². The molecule has 0 aliphatic rings. The average molecular weight is 237 g/mol. The number of aromatic amines is 1. The summed E-state index contributed by atoms with van der Waals surface area (Å²) in [6.45, 7) is 6.02. The summed E-state index contributed by atoms with van der Waals surface area (Å²) in [5, 5.41) is 1.28. The number of aromatic nitrogens is 2. The van der Waals surface area contributed by atoms with Crippen molar-refractivity contribution in [2.45, 2.75) is 26.2 Å². The molecule has 0 amide bonds. The van der Waals surface area contributed by atoms with E-state index >= 15 is 0 Å². The maximum absolute atomic E-state index is 11.9. The number of nitrogens with one attached hydrogen (secondary N) is 1. The number of halogens is 1. The lowest BCUT2D eigenvalue weighted by Crippen LogP contribution is -2.24. The van der Waals surface area contributed by atoms with Crippen LogP contribution in [0.25, 0.3) is 11.0 Å². The van der Waals surface area contributed by atoms with Crippen molar-refractivity contribution in [2.75, 3.05) is 0 Å². The van der Waals surface area contributed by atoms with Gasteiger partial charge in [-0.2, -0.15) is 0 Å². The minimum absolute atomic E-state index is 0.102. The zero-order chi connectivity index (χ0) is 11.9. The molecule has 0 unspecified atom stereocenters. The second kappa shape index (κ2) is 3.59. The highest BCUT2D eigenvalue weighted by atomic mass is 35.5. The van der Waals surface area contributed by atoms with Gasteiger partial charge in [-0.3, -0.25) is 4.79 Å². The monoisotopic (exact) mass is 236 g/mol. The smallest absolute Gasteiger partial charge is 0.253 e. The molecule has 0 aliphatic carbocycles. The van der Waals surface area contributed by atoms with E-state index in [9.17, 15) is 4.79 Å². The van der Waals surface area contributed by atoms with Gasteiger partial charge >= 0.3 is 0 Å². The van der Waals surface area contributed by atoms with Crippen LogP contribution in [0.3, 0.4) is 0 Å². The predicted octanol–water partition coefficient (Wildman–Crippen LogP) is 2.87. The van der Waals surface area contributed by atoms with E-state index in [0.717, 1.165) is 10.9 Å². The fourth-order valence-electron chi connectivity index (χ4n) is 1.62. The molecule has 2 aromatic rings. The Labute approximate surface area is 98.5 Å². The van der Waals surface area contributed by atoms with Crippen LogP contribution in [-0.2, 0) is 5.41 Å². The van der Waals surface area contributed by atoms with E-state index in [0.29, 0.717) is 10.8 Å². The summed E-state index contributed by atoms with van der Waals surface area (Å²) in [5.41, 5.74) is 1.01. The highest BCUT2D eigenvalue weighted by Gasteiger charge is 2.18. The Morgan fingerprint density at radius 1 is 1.31 bits per heavy atom. The van der Waals surface area contributed by atoms with Crippen LogP contribution in [-0.4, -0.2) is 9.97 Å². The number of pyridine rings is 2. The van der Waals surface area contributed by atoms with Crippen LogP contribution in [0.2, 0.25) is 5.15 Å². The molecule has 0 aromatic carbocycles. The van der Waals surface area contributed by atoms with E-state index < -0.39 is 0 Å². The van der Waals surface area contributed by atoms with E-state index in [1.165, 1.54) is 0 Å². The van der Waals surface area contributed by atoms with Gasteiger partial charge in [0.05, 0.1) is 0 Å². The first-order valence-electron chi connectivity index (χ1n) is 5.08. The maximum Gasteiger partial charge on any atom is 0.253 e. The van der Waals surface area contributed by atoms with Gasteiger partial charge in [-0.1, -0.05) is 32.4 Å². The largest absolute Gasteiger partial charge is 0.306 e. The zero-order valence-electron chi connectivity index (χ0n) is 9.47. The number of hydrogen-bond donors (Lipinski definition) is 1. The van der Waals surface area contributed by atoms with Crippen LogP contribution in [0.1, 0.15) is 26.3 Å². The van der Waals surface area contributed by atoms with Gasteiger partial charge in [-0.05, 0) is 23.6 Å². The lowest BCUT2D eigenvalue weighted by Gasteiger charge is -2.17. The minimum Gasteiger partial charge on any atom is -0.306 e. The second-order valence-corrected chi connectivity index (χ2v) is 5.22. The third-order valence-corrected chi connectivity index (χ3v) is 2.69. The third kappa shape index (κ3) is 1.95. The summed E-state index contributed by atoms with van der Waals surface area (Å²) in [6, 6.07) is 5.45. The minimum atomic E-state index is -0.179. The molecule has 0 saturated carbocycles. The average Bonchev–Trinajstić information content (AvgIpc) is 2.14. The first-order chi connectivity index (χ1) is 7.38. The Morgan fingerprint density at radius 2 is 2.00 bits per heavy atom. The molecule has 84 valence electrons. The van der Waals surface area contributed by atoms with E-state index in [4.69, 9.17) is 11.6 Å². The van der Waals surface area contributed by atoms with Crippen molar-refractivity contribution in [3.05, 3.63) is 39.3 Å². The van der Waals surface area contributed by atoms with E-state index in [2.05, 4.69) is 9.97 Å². The second-order valence-electron chi connectivity index (χ2n) is 4.83. The molecule has 4 heteroatoms. The molecule has 0 spiro atoms. The maximum atomic E-state index is 11.9. The number of rotatable bonds is 0. The molecule has 0 radical (unpaired) electrons. The van der Waals surface area contributed by atoms with Gasteiger partial charge in [-0.25, -0.2) is 4.98 Å². The van der Waals surface area contributed by atoms with Gasteiger partial charge in [0.25, 0.3) is 5.56 Å². The van der Waals surface area contributed by atoms with Crippen molar-refractivity contribution in [3.8, 4) is 0 Å². The van der Waals surface area contributed by atoms with Gasteiger partial charge in [-0.15, -0.1) is 0 Å². The highest BCUT2D eigenvalue weighted by Crippen LogP contribution is 2.21. The van der Waals surface area contributed by atoms with E-state index in [-0.39, 0.29) is 11.0 Å². The molecular formula is C12H13ClN2O. The number of H-pyrrole nitrogens is 1. The molecule has 0 saturated heterocycles. The van der Waals surface area contributed by atoms with Crippen molar-refractivity contribution in [1.82, 2.24) is 9.97 Å². The lowest BCUT2D eigenvalue weighted by atomic mass is 9.87. The highest BCUT2D eigenvalue weighted by molar-refractivity contribution is 6.29. The van der Waals surface area contributed by atoms with Crippen LogP contribution in [0.4, 0.5) is 0 Å². The number of hydrogen-bond acceptors (Lipinski definition) is 2. The molecule has 2 aromatic heterocycles.